The number of ether oxygens (including phenoxy) is 1. The van der Waals surface area contributed by atoms with Crippen LogP contribution in [0.15, 0.2) is 42.6 Å². The van der Waals surface area contributed by atoms with Gasteiger partial charge in [-0.3, -0.25) is 10.3 Å². The summed E-state index contributed by atoms with van der Waals surface area (Å²) < 4.78 is 5.37. The fourth-order valence-corrected chi connectivity index (χ4v) is 1.88. The van der Waals surface area contributed by atoms with Crippen LogP contribution in [0.1, 0.15) is 11.3 Å². The minimum Gasteiger partial charge on any atom is -0.408 e. The summed E-state index contributed by atoms with van der Waals surface area (Å²) in [4.78, 5) is 18.2. The van der Waals surface area contributed by atoms with Gasteiger partial charge in [0.15, 0.2) is 5.75 Å². The maximum atomic E-state index is 12.0. The summed E-state index contributed by atoms with van der Waals surface area (Å²) in [6.45, 7) is 2.53. The van der Waals surface area contributed by atoms with Crippen LogP contribution >= 0.6 is 0 Å². The molecule has 1 aromatic heterocycles. The number of anilines is 1. The van der Waals surface area contributed by atoms with E-state index in [2.05, 4.69) is 10.3 Å². The van der Waals surface area contributed by atoms with Crippen molar-refractivity contribution in [1.29, 1.82) is 0 Å². The second-order valence-electron chi connectivity index (χ2n) is 5.02. The fourth-order valence-electron chi connectivity index (χ4n) is 1.88. The zero-order valence-corrected chi connectivity index (χ0v) is 12.5. The molecule has 1 N–H and O–H groups in total. The molecule has 0 saturated carbocycles. The summed E-state index contributed by atoms with van der Waals surface area (Å²) in [7, 11) is 3.87. The summed E-state index contributed by atoms with van der Waals surface area (Å²) in [5.74, 6) is 0.470. The zero-order chi connectivity index (χ0) is 15.2. The molecule has 0 unspecified atom stereocenters. The Balaban J connectivity index is 2.08. The first-order valence-electron chi connectivity index (χ1n) is 6.69. The topological polar surface area (TPSA) is 54.5 Å². The Morgan fingerprint density at radius 2 is 2.00 bits per heavy atom. The Morgan fingerprint density at radius 1 is 1.24 bits per heavy atom. The van der Waals surface area contributed by atoms with Gasteiger partial charge in [0.1, 0.15) is 0 Å². The first kappa shape index (κ1) is 15.0. The van der Waals surface area contributed by atoms with Gasteiger partial charge in [-0.1, -0.05) is 18.2 Å². The lowest BCUT2D eigenvalue weighted by Gasteiger charge is -2.13. The normalized spacial score (nSPS) is 10.5. The number of hydrogen-bond acceptors (Lipinski definition) is 4. The summed E-state index contributed by atoms with van der Waals surface area (Å²) in [5, 5.41) is 2.74. The van der Waals surface area contributed by atoms with Gasteiger partial charge in [-0.15, -0.1) is 0 Å². The van der Waals surface area contributed by atoms with Crippen LogP contribution in [0.3, 0.4) is 0 Å². The molecule has 1 amide bonds. The Morgan fingerprint density at radius 3 is 2.71 bits per heavy atom. The minimum atomic E-state index is -0.516. The van der Waals surface area contributed by atoms with Crippen molar-refractivity contribution in [3.05, 3.63) is 53.9 Å². The van der Waals surface area contributed by atoms with Crippen molar-refractivity contribution in [3.63, 3.8) is 0 Å². The molecule has 0 fully saturated rings. The molecule has 0 bridgehead atoms. The van der Waals surface area contributed by atoms with Gasteiger partial charge in [-0.25, -0.2) is 4.79 Å². The second kappa shape index (κ2) is 6.85. The Hall–Kier alpha value is -2.40. The maximum Gasteiger partial charge on any atom is 0.417 e. The molecule has 1 aromatic carbocycles. The Kier molecular flexibility index (Phi) is 4.90. The number of rotatable bonds is 4. The summed E-state index contributed by atoms with van der Waals surface area (Å²) in [6.07, 6.45) is 1.17. The lowest BCUT2D eigenvalue weighted by molar-refractivity contribution is 0.214. The van der Waals surface area contributed by atoms with E-state index in [1.54, 1.807) is 18.3 Å². The van der Waals surface area contributed by atoms with E-state index in [0.29, 0.717) is 12.3 Å². The van der Waals surface area contributed by atoms with Crippen LogP contribution in [0.2, 0.25) is 0 Å². The smallest absolute Gasteiger partial charge is 0.408 e. The van der Waals surface area contributed by atoms with Crippen molar-refractivity contribution in [3.8, 4) is 5.75 Å². The molecule has 1 heterocycles. The highest BCUT2D eigenvalue weighted by molar-refractivity contribution is 5.87. The fraction of sp³-hybridized carbons (Fsp3) is 0.250. The van der Waals surface area contributed by atoms with Crippen LogP contribution in [-0.4, -0.2) is 30.1 Å². The van der Waals surface area contributed by atoms with Crippen LogP contribution in [0.25, 0.3) is 0 Å². The number of nitrogens with one attached hydrogen (secondary N) is 1. The number of amides is 1. The van der Waals surface area contributed by atoms with Crippen molar-refractivity contribution >= 4 is 11.8 Å². The Labute approximate surface area is 124 Å². The number of aryl methyl sites for hydroxylation is 1. The minimum absolute atomic E-state index is 0.470. The lowest BCUT2D eigenvalue weighted by atomic mass is 10.2. The molecule has 110 valence electrons. The molecule has 21 heavy (non-hydrogen) atoms. The molecule has 5 heteroatoms. The average molecular weight is 285 g/mol. The summed E-state index contributed by atoms with van der Waals surface area (Å²) in [5.41, 5.74) is 2.44. The number of pyridine rings is 1. The first-order valence-corrected chi connectivity index (χ1v) is 6.69. The van der Waals surface area contributed by atoms with E-state index < -0.39 is 6.09 Å². The standard InChI is InChI=1S/C16H19N3O2/c1-12-7-4-5-8-13(12)18-16(20)21-15-9-6-10-17-14(15)11-19(2)3/h4-10H,11H2,1-3H3,(H,18,20). The van der Waals surface area contributed by atoms with Crippen molar-refractivity contribution < 1.29 is 9.53 Å². The molecule has 0 radical (unpaired) electrons. The monoisotopic (exact) mass is 285 g/mol. The molecule has 0 aliphatic rings. The van der Waals surface area contributed by atoms with Crippen molar-refractivity contribution in [2.75, 3.05) is 19.4 Å². The molecular weight excluding hydrogens is 266 g/mol. The van der Waals surface area contributed by atoms with E-state index in [1.807, 2.05) is 50.2 Å². The number of carbonyl (C=O) groups is 1. The third-order valence-electron chi connectivity index (χ3n) is 2.90. The third kappa shape index (κ3) is 4.29. The van der Waals surface area contributed by atoms with E-state index in [0.717, 1.165) is 16.9 Å². The Bertz CT molecular complexity index is 626. The third-order valence-corrected chi connectivity index (χ3v) is 2.90. The van der Waals surface area contributed by atoms with Crippen molar-refractivity contribution in [1.82, 2.24) is 9.88 Å². The lowest BCUT2D eigenvalue weighted by Crippen LogP contribution is -2.20. The van der Waals surface area contributed by atoms with Crippen molar-refractivity contribution in [2.24, 2.45) is 0 Å². The summed E-state index contributed by atoms with van der Waals surface area (Å²) >= 11 is 0. The van der Waals surface area contributed by atoms with Crippen LogP contribution in [0, 0.1) is 6.92 Å². The van der Waals surface area contributed by atoms with Crippen LogP contribution in [0.4, 0.5) is 10.5 Å². The molecule has 0 atom stereocenters. The van der Waals surface area contributed by atoms with Gasteiger partial charge in [0.05, 0.1) is 5.69 Å². The van der Waals surface area contributed by atoms with E-state index in [9.17, 15) is 4.79 Å². The van der Waals surface area contributed by atoms with Crippen LogP contribution < -0.4 is 10.1 Å². The van der Waals surface area contributed by atoms with Gasteiger partial charge in [0, 0.05) is 18.4 Å². The van der Waals surface area contributed by atoms with Gasteiger partial charge in [-0.05, 0) is 44.8 Å². The zero-order valence-electron chi connectivity index (χ0n) is 12.5. The summed E-state index contributed by atoms with van der Waals surface area (Å²) in [6, 6.07) is 11.0. The molecule has 0 aliphatic heterocycles. The van der Waals surface area contributed by atoms with Gasteiger partial charge >= 0.3 is 6.09 Å². The quantitative estimate of drug-likeness (QED) is 0.938. The van der Waals surface area contributed by atoms with Crippen LogP contribution in [0.5, 0.6) is 5.75 Å². The molecule has 5 nitrogen and oxygen atoms in total. The van der Waals surface area contributed by atoms with Gasteiger partial charge in [0.25, 0.3) is 0 Å². The van der Waals surface area contributed by atoms with E-state index in [-0.39, 0.29) is 0 Å². The average Bonchev–Trinajstić information content (AvgIpc) is 2.43. The molecule has 0 spiro atoms. The second-order valence-corrected chi connectivity index (χ2v) is 5.02. The predicted octanol–water partition coefficient (Wildman–Crippen LogP) is 3.06. The van der Waals surface area contributed by atoms with Gasteiger partial charge < -0.3 is 9.64 Å². The van der Waals surface area contributed by atoms with Crippen LogP contribution in [-0.2, 0) is 6.54 Å². The van der Waals surface area contributed by atoms with E-state index in [1.165, 1.54) is 0 Å². The molecule has 0 saturated heterocycles. The highest BCUT2D eigenvalue weighted by Gasteiger charge is 2.11. The van der Waals surface area contributed by atoms with E-state index in [4.69, 9.17) is 4.74 Å². The highest BCUT2D eigenvalue weighted by Crippen LogP contribution is 2.18. The van der Waals surface area contributed by atoms with Gasteiger partial charge in [0.2, 0.25) is 0 Å². The number of aromatic nitrogens is 1. The molecule has 0 aliphatic carbocycles. The molecule has 2 aromatic rings. The first-order chi connectivity index (χ1) is 10.1. The maximum absolute atomic E-state index is 12.0. The van der Waals surface area contributed by atoms with E-state index >= 15 is 0 Å². The highest BCUT2D eigenvalue weighted by atomic mass is 16.6. The molecular formula is C16H19N3O2. The SMILES string of the molecule is Cc1ccccc1NC(=O)Oc1cccnc1CN(C)C. The molecule has 2 rings (SSSR count). The van der Waals surface area contributed by atoms with Crippen molar-refractivity contribution in [2.45, 2.75) is 13.5 Å². The number of benzene rings is 1. The number of carbonyl (C=O) groups excluding carboxylic acids is 1. The van der Waals surface area contributed by atoms with Gasteiger partial charge in [-0.2, -0.15) is 0 Å². The number of hydrogen-bond donors (Lipinski definition) is 1. The largest absolute Gasteiger partial charge is 0.417 e. The predicted molar refractivity (Wildman–Crippen MR) is 82.5 cm³/mol. The number of para-hydroxylation sites is 1. The number of nitrogens with zero attached hydrogens (tertiary/aromatic N) is 2.